The minimum atomic E-state index is 0.463. The van der Waals surface area contributed by atoms with Crippen LogP contribution in [0.4, 0.5) is 0 Å². The van der Waals surface area contributed by atoms with Crippen molar-refractivity contribution in [2.45, 2.75) is 37.9 Å². The fraction of sp³-hybridized carbons (Fsp3) is 0.667. The molecule has 2 fully saturated rings. The lowest BCUT2D eigenvalue weighted by atomic mass is 9.78. The average Bonchev–Trinajstić information content (AvgIpc) is 2.02. The first-order valence-electron chi connectivity index (χ1n) is 5.25. The Morgan fingerprint density at radius 3 is 1.54 bits per heavy atom. The molecule has 0 bridgehead atoms. The molecular weight excluding hydrogens is 160 g/mol. The Bertz CT molecular complexity index is 187. The highest BCUT2D eigenvalue weighted by Crippen LogP contribution is 2.38. The second-order valence-corrected chi connectivity index (χ2v) is 4.17. The van der Waals surface area contributed by atoms with Crippen molar-refractivity contribution in [3.63, 3.8) is 0 Å². The lowest BCUT2D eigenvalue weighted by Gasteiger charge is -2.43. The molecule has 0 aromatic carbocycles. The Balaban J connectivity index is 1.78. The third kappa shape index (κ3) is 1.58. The quantitative estimate of drug-likeness (QED) is 0.601. The monoisotopic (exact) mass is 178 g/mol. The fourth-order valence-corrected chi connectivity index (χ4v) is 2.09. The Labute approximate surface area is 80.5 Å². The first-order valence-corrected chi connectivity index (χ1v) is 5.25. The summed E-state index contributed by atoms with van der Waals surface area (Å²) in [6.07, 6.45) is 9.97. The predicted molar refractivity (Wildman–Crippen MR) is 54.5 cm³/mol. The molecule has 72 valence electrons. The molecule has 4 atom stereocenters. The van der Waals surface area contributed by atoms with Gasteiger partial charge in [-0.2, -0.15) is 0 Å². The molecule has 0 saturated heterocycles. The van der Waals surface area contributed by atoms with Crippen molar-refractivity contribution < 1.29 is 4.74 Å². The Morgan fingerprint density at radius 2 is 1.31 bits per heavy atom. The van der Waals surface area contributed by atoms with E-state index in [1.165, 1.54) is 25.7 Å². The summed E-state index contributed by atoms with van der Waals surface area (Å²) in [5, 5.41) is 0. The molecule has 0 amide bonds. The number of hydrogen-bond donors (Lipinski definition) is 0. The van der Waals surface area contributed by atoms with Gasteiger partial charge in [0.1, 0.15) is 0 Å². The summed E-state index contributed by atoms with van der Waals surface area (Å²) in [4.78, 5) is 0. The predicted octanol–water partition coefficient (Wildman–Crippen LogP) is 2.93. The van der Waals surface area contributed by atoms with Crippen LogP contribution < -0.4 is 0 Å². The van der Waals surface area contributed by atoms with Gasteiger partial charge in [0.2, 0.25) is 0 Å². The minimum absolute atomic E-state index is 0.463. The largest absolute Gasteiger partial charge is 0.374 e. The second-order valence-electron chi connectivity index (χ2n) is 4.17. The molecule has 0 unspecified atom stereocenters. The summed E-state index contributed by atoms with van der Waals surface area (Å²) in [6.45, 7) is 7.65. The van der Waals surface area contributed by atoms with Gasteiger partial charge in [-0.1, -0.05) is 12.2 Å². The van der Waals surface area contributed by atoms with E-state index in [1.54, 1.807) is 0 Å². The van der Waals surface area contributed by atoms with Gasteiger partial charge in [0.05, 0.1) is 12.2 Å². The van der Waals surface area contributed by atoms with Crippen molar-refractivity contribution in [3.05, 3.63) is 25.3 Å². The van der Waals surface area contributed by atoms with Crippen LogP contribution in [0.3, 0.4) is 0 Å². The van der Waals surface area contributed by atoms with E-state index in [-0.39, 0.29) is 0 Å². The van der Waals surface area contributed by atoms with E-state index in [2.05, 4.69) is 13.2 Å². The van der Waals surface area contributed by atoms with Gasteiger partial charge < -0.3 is 4.74 Å². The van der Waals surface area contributed by atoms with E-state index >= 15 is 0 Å². The molecule has 0 spiro atoms. The third-order valence-electron chi connectivity index (χ3n) is 3.48. The van der Waals surface area contributed by atoms with E-state index in [0.29, 0.717) is 24.0 Å². The van der Waals surface area contributed by atoms with Gasteiger partial charge in [-0.05, 0) is 25.7 Å². The van der Waals surface area contributed by atoms with Crippen molar-refractivity contribution in [1.82, 2.24) is 0 Å². The number of hydrogen-bond acceptors (Lipinski definition) is 1. The summed E-state index contributed by atoms with van der Waals surface area (Å²) in [5.41, 5.74) is 0. The first-order chi connectivity index (χ1) is 6.35. The maximum Gasteiger partial charge on any atom is 0.0641 e. The lowest BCUT2D eigenvalue weighted by molar-refractivity contribution is -0.121. The zero-order valence-corrected chi connectivity index (χ0v) is 8.11. The summed E-state index contributed by atoms with van der Waals surface area (Å²) < 4.78 is 5.99. The van der Waals surface area contributed by atoms with Crippen LogP contribution in [0.5, 0.6) is 0 Å². The molecule has 0 aliphatic heterocycles. The van der Waals surface area contributed by atoms with Crippen LogP contribution in [0.25, 0.3) is 0 Å². The minimum Gasteiger partial charge on any atom is -0.374 e. The molecule has 0 aromatic heterocycles. The second kappa shape index (κ2) is 3.67. The third-order valence-corrected chi connectivity index (χ3v) is 3.48. The highest BCUT2D eigenvalue weighted by atomic mass is 16.5. The van der Waals surface area contributed by atoms with Crippen molar-refractivity contribution in [1.29, 1.82) is 0 Å². The van der Waals surface area contributed by atoms with E-state index in [1.807, 2.05) is 12.2 Å². The lowest BCUT2D eigenvalue weighted by Crippen LogP contribution is -2.42. The van der Waals surface area contributed by atoms with E-state index in [9.17, 15) is 0 Å². The van der Waals surface area contributed by atoms with E-state index in [0.717, 1.165) is 0 Å². The zero-order valence-electron chi connectivity index (χ0n) is 8.11. The van der Waals surface area contributed by atoms with E-state index in [4.69, 9.17) is 4.74 Å². The molecular formula is C12H18O. The van der Waals surface area contributed by atoms with Crippen molar-refractivity contribution in [3.8, 4) is 0 Å². The zero-order chi connectivity index (χ0) is 9.26. The van der Waals surface area contributed by atoms with Gasteiger partial charge in [-0.3, -0.25) is 0 Å². The molecule has 2 aliphatic carbocycles. The maximum absolute atomic E-state index is 5.99. The van der Waals surface area contributed by atoms with Crippen molar-refractivity contribution >= 4 is 0 Å². The van der Waals surface area contributed by atoms with Gasteiger partial charge in [0.15, 0.2) is 0 Å². The van der Waals surface area contributed by atoms with Crippen LogP contribution in [0, 0.1) is 11.8 Å². The summed E-state index contributed by atoms with van der Waals surface area (Å²) in [6, 6.07) is 0. The van der Waals surface area contributed by atoms with Crippen LogP contribution in [-0.4, -0.2) is 12.2 Å². The standard InChI is InChI=1S/C12H18O/c1-3-9-5-7-11(9)13-12-8-6-10(12)4-2/h3-4,9-12H,1-2,5-8H2/t9-,10+,11-,12-/m0/s1. The Morgan fingerprint density at radius 1 is 0.846 bits per heavy atom. The highest BCUT2D eigenvalue weighted by molar-refractivity contribution is 4.98. The van der Waals surface area contributed by atoms with Crippen LogP contribution in [0.2, 0.25) is 0 Å². The highest BCUT2D eigenvalue weighted by Gasteiger charge is 2.36. The molecule has 13 heavy (non-hydrogen) atoms. The van der Waals surface area contributed by atoms with Gasteiger partial charge in [0, 0.05) is 11.8 Å². The van der Waals surface area contributed by atoms with Crippen molar-refractivity contribution in [2.75, 3.05) is 0 Å². The molecule has 0 aromatic rings. The SMILES string of the molecule is C=C[C@@H]1CC[C@@H]1O[C@H]1CC[C@@H]1C=C. The Kier molecular flexibility index (Phi) is 2.54. The van der Waals surface area contributed by atoms with Crippen LogP contribution in [-0.2, 0) is 4.74 Å². The molecule has 1 nitrogen and oxygen atoms in total. The summed E-state index contributed by atoms with van der Waals surface area (Å²) in [7, 11) is 0. The molecule has 0 radical (unpaired) electrons. The normalized spacial score (nSPS) is 43.1. The molecule has 2 saturated carbocycles. The van der Waals surface area contributed by atoms with Crippen LogP contribution >= 0.6 is 0 Å². The smallest absolute Gasteiger partial charge is 0.0641 e. The van der Waals surface area contributed by atoms with Gasteiger partial charge in [0.25, 0.3) is 0 Å². The summed E-state index contributed by atoms with van der Waals surface area (Å²) >= 11 is 0. The Hall–Kier alpha value is -0.560. The summed E-state index contributed by atoms with van der Waals surface area (Å²) in [5.74, 6) is 1.23. The first kappa shape index (κ1) is 9.01. The van der Waals surface area contributed by atoms with Gasteiger partial charge in [-0.25, -0.2) is 0 Å². The number of ether oxygens (including phenoxy) is 1. The molecule has 0 N–H and O–H groups in total. The fourth-order valence-electron chi connectivity index (χ4n) is 2.09. The molecule has 0 heterocycles. The maximum atomic E-state index is 5.99. The van der Waals surface area contributed by atoms with Crippen LogP contribution in [0.1, 0.15) is 25.7 Å². The van der Waals surface area contributed by atoms with Gasteiger partial charge >= 0.3 is 0 Å². The molecule has 1 heteroatoms. The van der Waals surface area contributed by atoms with Crippen molar-refractivity contribution in [2.24, 2.45) is 11.8 Å². The topological polar surface area (TPSA) is 9.23 Å². The van der Waals surface area contributed by atoms with E-state index < -0.39 is 0 Å². The number of rotatable bonds is 4. The van der Waals surface area contributed by atoms with Gasteiger partial charge in [-0.15, -0.1) is 13.2 Å². The molecule has 2 aliphatic rings. The molecule has 2 rings (SSSR count). The average molecular weight is 178 g/mol. The van der Waals surface area contributed by atoms with Crippen LogP contribution in [0.15, 0.2) is 25.3 Å².